The number of benzene rings is 2. The number of amides is 1. The molecule has 0 aliphatic carbocycles. The van der Waals surface area contributed by atoms with Crippen LogP contribution in [0.15, 0.2) is 48.5 Å². The zero-order valence-electron chi connectivity index (χ0n) is 12.8. The Hall–Kier alpha value is -2.20. The van der Waals surface area contributed by atoms with E-state index in [4.69, 9.17) is 5.73 Å². The minimum absolute atomic E-state index is 0.359. The van der Waals surface area contributed by atoms with Crippen molar-refractivity contribution in [1.82, 2.24) is 5.32 Å². The molecule has 0 saturated heterocycles. The SMILES string of the molecule is CC(F)c1cccc(-c2ccc(CN[C@@H](C)C(N)=O)cc2)c1. The molecule has 0 radical (unpaired) electrons. The highest BCUT2D eigenvalue weighted by Gasteiger charge is 2.08. The molecule has 0 spiro atoms. The molecule has 3 N–H and O–H groups in total. The van der Waals surface area contributed by atoms with Gasteiger partial charge in [-0.25, -0.2) is 4.39 Å². The fourth-order valence-corrected chi connectivity index (χ4v) is 2.15. The summed E-state index contributed by atoms with van der Waals surface area (Å²) in [6.45, 7) is 3.85. The molecule has 0 aliphatic rings. The van der Waals surface area contributed by atoms with Crippen molar-refractivity contribution >= 4 is 5.91 Å². The van der Waals surface area contributed by atoms with Crippen LogP contribution in [0.2, 0.25) is 0 Å². The first-order valence-electron chi connectivity index (χ1n) is 7.33. The van der Waals surface area contributed by atoms with Crippen LogP contribution < -0.4 is 11.1 Å². The quantitative estimate of drug-likeness (QED) is 0.859. The zero-order chi connectivity index (χ0) is 16.1. The molecule has 116 valence electrons. The lowest BCUT2D eigenvalue weighted by atomic mass is 10.0. The smallest absolute Gasteiger partial charge is 0.234 e. The number of halogens is 1. The highest BCUT2D eigenvalue weighted by atomic mass is 19.1. The number of nitrogens with one attached hydrogen (secondary N) is 1. The van der Waals surface area contributed by atoms with Crippen molar-refractivity contribution in [3.05, 3.63) is 59.7 Å². The van der Waals surface area contributed by atoms with E-state index in [2.05, 4.69) is 5.32 Å². The largest absolute Gasteiger partial charge is 0.368 e. The second-order valence-corrected chi connectivity index (χ2v) is 5.44. The Bertz CT molecular complexity index is 638. The van der Waals surface area contributed by atoms with Crippen LogP contribution in [-0.4, -0.2) is 11.9 Å². The lowest BCUT2D eigenvalue weighted by molar-refractivity contribution is -0.119. The third-order valence-electron chi connectivity index (χ3n) is 3.67. The summed E-state index contributed by atoms with van der Waals surface area (Å²) in [7, 11) is 0. The topological polar surface area (TPSA) is 55.1 Å². The van der Waals surface area contributed by atoms with E-state index in [1.165, 1.54) is 6.92 Å². The van der Waals surface area contributed by atoms with Crippen molar-refractivity contribution in [3.8, 4) is 11.1 Å². The molecule has 0 bridgehead atoms. The van der Waals surface area contributed by atoms with Crippen LogP contribution in [0, 0.1) is 0 Å². The van der Waals surface area contributed by atoms with Gasteiger partial charge in [-0.05, 0) is 42.2 Å². The van der Waals surface area contributed by atoms with Gasteiger partial charge < -0.3 is 11.1 Å². The third-order valence-corrected chi connectivity index (χ3v) is 3.67. The highest BCUT2D eigenvalue weighted by molar-refractivity contribution is 5.79. The fraction of sp³-hybridized carbons (Fsp3) is 0.278. The number of rotatable bonds is 6. The van der Waals surface area contributed by atoms with E-state index in [1.807, 2.05) is 42.5 Å². The Balaban J connectivity index is 2.08. The maximum Gasteiger partial charge on any atom is 0.234 e. The first-order valence-corrected chi connectivity index (χ1v) is 7.33. The number of carbonyl (C=O) groups excluding carboxylic acids is 1. The molecule has 22 heavy (non-hydrogen) atoms. The van der Waals surface area contributed by atoms with Gasteiger partial charge in [0.2, 0.25) is 5.91 Å². The van der Waals surface area contributed by atoms with Crippen molar-refractivity contribution in [2.45, 2.75) is 32.6 Å². The minimum Gasteiger partial charge on any atom is -0.368 e. The molecular formula is C18H21FN2O. The van der Waals surface area contributed by atoms with Crippen molar-refractivity contribution in [2.75, 3.05) is 0 Å². The van der Waals surface area contributed by atoms with E-state index in [-0.39, 0.29) is 11.9 Å². The predicted molar refractivity (Wildman–Crippen MR) is 86.9 cm³/mol. The van der Waals surface area contributed by atoms with Crippen molar-refractivity contribution in [2.24, 2.45) is 5.73 Å². The third kappa shape index (κ3) is 4.15. The maximum atomic E-state index is 13.4. The molecule has 4 heteroatoms. The van der Waals surface area contributed by atoms with E-state index in [0.29, 0.717) is 12.1 Å². The Morgan fingerprint density at radius 2 is 1.82 bits per heavy atom. The van der Waals surface area contributed by atoms with Gasteiger partial charge in [-0.15, -0.1) is 0 Å². The Morgan fingerprint density at radius 1 is 1.14 bits per heavy atom. The summed E-state index contributed by atoms with van der Waals surface area (Å²) in [4.78, 5) is 11.0. The van der Waals surface area contributed by atoms with Crippen LogP contribution in [0.1, 0.15) is 31.1 Å². The molecule has 0 aliphatic heterocycles. The predicted octanol–water partition coefficient (Wildman–Crippen LogP) is 3.35. The van der Waals surface area contributed by atoms with Gasteiger partial charge in [0.05, 0.1) is 6.04 Å². The number of nitrogens with two attached hydrogens (primary N) is 1. The summed E-state index contributed by atoms with van der Waals surface area (Å²) in [5.41, 5.74) is 8.98. The van der Waals surface area contributed by atoms with Crippen molar-refractivity contribution < 1.29 is 9.18 Å². The average molecular weight is 300 g/mol. The highest BCUT2D eigenvalue weighted by Crippen LogP contribution is 2.25. The molecule has 2 rings (SSSR count). The molecule has 0 aromatic heterocycles. The number of carbonyl (C=O) groups is 1. The van der Waals surface area contributed by atoms with Gasteiger partial charge in [0.15, 0.2) is 0 Å². The standard InChI is InChI=1S/C18H21FN2O/c1-12(19)16-4-3-5-17(10-16)15-8-6-14(7-9-15)11-21-13(2)18(20)22/h3-10,12-13,21H,11H2,1-2H3,(H2,20,22)/t12?,13-/m0/s1. The fourth-order valence-electron chi connectivity index (χ4n) is 2.15. The molecule has 0 fully saturated rings. The van der Waals surface area contributed by atoms with Crippen LogP contribution in [0.25, 0.3) is 11.1 Å². The van der Waals surface area contributed by atoms with Gasteiger partial charge in [-0.1, -0.05) is 42.5 Å². The summed E-state index contributed by atoms with van der Waals surface area (Å²) in [6, 6.07) is 15.1. The zero-order valence-corrected chi connectivity index (χ0v) is 12.8. The normalized spacial score (nSPS) is 13.6. The number of primary amides is 1. The molecule has 0 saturated carbocycles. The lowest BCUT2D eigenvalue weighted by Crippen LogP contribution is -2.38. The minimum atomic E-state index is -0.973. The molecule has 3 nitrogen and oxygen atoms in total. The number of hydrogen-bond donors (Lipinski definition) is 2. The summed E-state index contributed by atoms with van der Waals surface area (Å²) < 4.78 is 13.4. The van der Waals surface area contributed by atoms with Gasteiger partial charge in [0.25, 0.3) is 0 Å². The second kappa shape index (κ2) is 7.18. The van der Waals surface area contributed by atoms with Crippen LogP contribution >= 0.6 is 0 Å². The molecule has 0 heterocycles. The molecule has 2 atom stereocenters. The van der Waals surface area contributed by atoms with Gasteiger partial charge in [0.1, 0.15) is 6.17 Å². The summed E-state index contributed by atoms with van der Waals surface area (Å²) in [6.07, 6.45) is -0.973. The summed E-state index contributed by atoms with van der Waals surface area (Å²) in [5, 5.41) is 3.06. The average Bonchev–Trinajstić information content (AvgIpc) is 2.53. The van der Waals surface area contributed by atoms with Gasteiger partial charge in [-0.2, -0.15) is 0 Å². The lowest BCUT2D eigenvalue weighted by Gasteiger charge is -2.11. The first kappa shape index (κ1) is 16.2. The molecule has 1 unspecified atom stereocenters. The van der Waals surface area contributed by atoms with Crippen LogP contribution in [0.5, 0.6) is 0 Å². The van der Waals surface area contributed by atoms with Crippen molar-refractivity contribution in [3.63, 3.8) is 0 Å². The second-order valence-electron chi connectivity index (χ2n) is 5.44. The molecule has 2 aromatic rings. The molecular weight excluding hydrogens is 279 g/mol. The molecule has 2 aromatic carbocycles. The van der Waals surface area contributed by atoms with E-state index in [1.54, 1.807) is 13.0 Å². The van der Waals surface area contributed by atoms with Gasteiger partial charge >= 0.3 is 0 Å². The van der Waals surface area contributed by atoms with E-state index in [0.717, 1.165) is 16.7 Å². The number of alkyl halides is 1. The van der Waals surface area contributed by atoms with E-state index >= 15 is 0 Å². The van der Waals surface area contributed by atoms with Crippen LogP contribution in [-0.2, 0) is 11.3 Å². The van der Waals surface area contributed by atoms with E-state index in [9.17, 15) is 9.18 Å². The van der Waals surface area contributed by atoms with Crippen LogP contribution in [0.3, 0.4) is 0 Å². The van der Waals surface area contributed by atoms with E-state index < -0.39 is 6.17 Å². The Morgan fingerprint density at radius 3 is 2.41 bits per heavy atom. The maximum absolute atomic E-state index is 13.4. The molecule has 1 amide bonds. The van der Waals surface area contributed by atoms with Crippen LogP contribution in [0.4, 0.5) is 4.39 Å². The van der Waals surface area contributed by atoms with Gasteiger partial charge in [0, 0.05) is 6.54 Å². The monoisotopic (exact) mass is 300 g/mol. The summed E-state index contributed by atoms with van der Waals surface area (Å²) >= 11 is 0. The number of hydrogen-bond acceptors (Lipinski definition) is 2. The summed E-state index contributed by atoms with van der Waals surface area (Å²) in [5.74, 6) is -0.367. The first-order chi connectivity index (χ1) is 10.5. The Labute approximate surface area is 130 Å². The van der Waals surface area contributed by atoms with Gasteiger partial charge in [-0.3, -0.25) is 4.79 Å². The van der Waals surface area contributed by atoms with Crippen molar-refractivity contribution in [1.29, 1.82) is 0 Å². The Kier molecular flexibility index (Phi) is 5.28.